The first-order valence-corrected chi connectivity index (χ1v) is 6.46. The van der Waals surface area contributed by atoms with E-state index in [1.54, 1.807) is 7.05 Å². The zero-order valence-corrected chi connectivity index (χ0v) is 12.2. The second-order valence-electron chi connectivity index (χ2n) is 5.47. The van der Waals surface area contributed by atoms with Gasteiger partial charge in [0.15, 0.2) is 0 Å². The first-order valence-electron chi connectivity index (χ1n) is 6.46. The topological polar surface area (TPSA) is 58.6 Å². The highest BCUT2D eigenvalue weighted by molar-refractivity contribution is 5.76. The molecule has 0 fully saturated rings. The van der Waals surface area contributed by atoms with E-state index >= 15 is 0 Å². The first-order chi connectivity index (χ1) is 8.78. The van der Waals surface area contributed by atoms with Crippen LogP contribution in [0.25, 0.3) is 0 Å². The van der Waals surface area contributed by atoms with Gasteiger partial charge in [0.2, 0.25) is 0 Å². The molecule has 4 nitrogen and oxygen atoms in total. The van der Waals surface area contributed by atoms with E-state index in [-0.39, 0.29) is 6.10 Å². The third-order valence-corrected chi connectivity index (χ3v) is 3.23. The number of benzene rings is 1. The molecule has 0 amide bonds. The van der Waals surface area contributed by atoms with Crippen LogP contribution in [0.15, 0.2) is 24.3 Å². The lowest BCUT2D eigenvalue weighted by atomic mass is 9.77. The highest BCUT2D eigenvalue weighted by atomic mass is 16.5. The van der Waals surface area contributed by atoms with Gasteiger partial charge < -0.3 is 15.2 Å². The van der Waals surface area contributed by atoms with E-state index in [2.05, 4.69) is 5.32 Å². The summed E-state index contributed by atoms with van der Waals surface area (Å²) in [6.45, 7) is 7.78. The maximum Gasteiger partial charge on any atom is 0.321 e. The van der Waals surface area contributed by atoms with Crippen LogP contribution in [0.2, 0.25) is 0 Å². The normalized spacial score (nSPS) is 13.4. The van der Waals surface area contributed by atoms with E-state index in [9.17, 15) is 9.90 Å². The summed E-state index contributed by atoms with van der Waals surface area (Å²) in [5.41, 5.74) is 0.460. The molecule has 0 radical (unpaired) electrons. The summed E-state index contributed by atoms with van der Waals surface area (Å²) in [5, 5.41) is 12.1. The zero-order chi connectivity index (χ0) is 14.6. The molecular weight excluding hydrogens is 242 g/mol. The predicted molar refractivity (Wildman–Crippen MR) is 75.7 cm³/mol. The van der Waals surface area contributed by atoms with Crippen molar-refractivity contribution >= 4 is 5.97 Å². The summed E-state index contributed by atoms with van der Waals surface area (Å²) in [7, 11) is 1.66. The number of carbonyl (C=O) groups is 1. The quantitative estimate of drug-likeness (QED) is 0.829. The first kappa shape index (κ1) is 15.5. The van der Waals surface area contributed by atoms with E-state index in [1.165, 1.54) is 0 Å². The molecule has 0 aliphatic heterocycles. The van der Waals surface area contributed by atoms with E-state index in [1.807, 2.05) is 52.0 Å². The van der Waals surface area contributed by atoms with Gasteiger partial charge in [-0.15, -0.1) is 0 Å². The van der Waals surface area contributed by atoms with Crippen LogP contribution in [-0.4, -0.2) is 30.3 Å². The fourth-order valence-electron chi connectivity index (χ4n) is 2.19. The number of hydrogen-bond donors (Lipinski definition) is 2. The minimum Gasteiger partial charge on any atom is -0.491 e. The second-order valence-corrected chi connectivity index (χ2v) is 5.47. The molecule has 0 aromatic heterocycles. The number of rotatable bonds is 6. The maximum absolute atomic E-state index is 11.3. The number of carboxylic acid groups (broad SMARTS) is 1. The Morgan fingerprint density at radius 3 is 2.16 bits per heavy atom. The fraction of sp³-hybridized carbons (Fsp3) is 0.533. The molecule has 1 aromatic rings. The lowest BCUT2D eigenvalue weighted by Crippen LogP contribution is -2.48. The molecule has 0 saturated carbocycles. The molecule has 106 valence electrons. The smallest absolute Gasteiger partial charge is 0.321 e. The Morgan fingerprint density at radius 1 is 1.26 bits per heavy atom. The van der Waals surface area contributed by atoms with Gasteiger partial charge in [0, 0.05) is 5.41 Å². The molecule has 0 aliphatic rings. The summed E-state index contributed by atoms with van der Waals surface area (Å²) in [6.07, 6.45) is 0.128. The minimum atomic E-state index is -0.852. The van der Waals surface area contributed by atoms with Crippen LogP contribution in [0.1, 0.15) is 33.3 Å². The molecule has 0 saturated heterocycles. The van der Waals surface area contributed by atoms with E-state index in [0.29, 0.717) is 0 Å². The predicted octanol–water partition coefficient (Wildman–Crippen LogP) is 2.42. The molecule has 2 N–H and O–H groups in total. The van der Waals surface area contributed by atoms with E-state index in [4.69, 9.17) is 4.74 Å². The second kappa shape index (κ2) is 6.06. The molecule has 1 atom stereocenters. The Hall–Kier alpha value is -1.55. The van der Waals surface area contributed by atoms with Crippen LogP contribution >= 0.6 is 0 Å². The van der Waals surface area contributed by atoms with Crippen molar-refractivity contribution in [1.29, 1.82) is 0 Å². The van der Waals surface area contributed by atoms with Crippen molar-refractivity contribution in [3.05, 3.63) is 29.8 Å². The standard InChI is InChI=1S/C15H23NO3/c1-10(2)19-12-8-6-11(7-9-12)15(3,4)13(16-5)14(17)18/h6-10,13,16H,1-5H3,(H,17,18). The summed E-state index contributed by atoms with van der Waals surface area (Å²) < 4.78 is 5.58. The van der Waals surface area contributed by atoms with Gasteiger partial charge in [-0.3, -0.25) is 4.79 Å². The average molecular weight is 265 g/mol. The number of carboxylic acids is 1. The van der Waals surface area contributed by atoms with Crippen molar-refractivity contribution in [1.82, 2.24) is 5.32 Å². The van der Waals surface area contributed by atoms with Crippen LogP contribution in [0, 0.1) is 0 Å². The molecule has 1 aromatic carbocycles. The molecular formula is C15H23NO3. The third-order valence-electron chi connectivity index (χ3n) is 3.23. The summed E-state index contributed by atoms with van der Waals surface area (Å²) >= 11 is 0. The summed E-state index contributed by atoms with van der Waals surface area (Å²) in [4.78, 5) is 11.3. The Kier molecular flexibility index (Phi) is 4.95. The van der Waals surface area contributed by atoms with Crippen molar-refractivity contribution in [3.63, 3.8) is 0 Å². The van der Waals surface area contributed by atoms with Gasteiger partial charge in [0.05, 0.1) is 6.10 Å². The summed E-state index contributed by atoms with van der Waals surface area (Å²) in [6, 6.07) is 6.97. The van der Waals surface area contributed by atoms with Crippen LogP contribution in [-0.2, 0) is 10.2 Å². The van der Waals surface area contributed by atoms with Crippen molar-refractivity contribution in [3.8, 4) is 5.75 Å². The minimum absolute atomic E-state index is 0.128. The molecule has 0 bridgehead atoms. The number of hydrogen-bond acceptors (Lipinski definition) is 3. The van der Waals surface area contributed by atoms with Crippen LogP contribution in [0.4, 0.5) is 0 Å². The third kappa shape index (κ3) is 3.70. The average Bonchev–Trinajstić information content (AvgIpc) is 2.28. The molecule has 1 unspecified atom stereocenters. The lowest BCUT2D eigenvalue weighted by molar-refractivity contribution is -0.141. The molecule has 0 spiro atoms. The zero-order valence-electron chi connectivity index (χ0n) is 12.2. The van der Waals surface area contributed by atoms with Crippen molar-refractivity contribution in [2.24, 2.45) is 0 Å². The summed E-state index contributed by atoms with van der Waals surface area (Å²) in [5.74, 6) is -0.0547. The van der Waals surface area contributed by atoms with Gasteiger partial charge in [-0.2, -0.15) is 0 Å². The van der Waals surface area contributed by atoms with Crippen molar-refractivity contribution < 1.29 is 14.6 Å². The number of aliphatic carboxylic acids is 1. The van der Waals surface area contributed by atoms with Crippen LogP contribution < -0.4 is 10.1 Å². The highest BCUT2D eigenvalue weighted by Gasteiger charge is 2.35. The van der Waals surface area contributed by atoms with Gasteiger partial charge in [0.1, 0.15) is 11.8 Å². The lowest BCUT2D eigenvalue weighted by Gasteiger charge is -2.31. The Bertz CT molecular complexity index is 424. The largest absolute Gasteiger partial charge is 0.491 e. The van der Waals surface area contributed by atoms with Crippen LogP contribution in [0.3, 0.4) is 0 Å². The number of likely N-dealkylation sites (N-methyl/N-ethyl adjacent to an activating group) is 1. The Balaban J connectivity index is 2.98. The van der Waals surface area contributed by atoms with Gasteiger partial charge in [-0.05, 0) is 38.6 Å². The van der Waals surface area contributed by atoms with Gasteiger partial charge in [-0.1, -0.05) is 26.0 Å². The fourth-order valence-corrected chi connectivity index (χ4v) is 2.19. The Morgan fingerprint density at radius 2 is 1.79 bits per heavy atom. The maximum atomic E-state index is 11.3. The SMILES string of the molecule is CNC(C(=O)O)C(C)(C)c1ccc(OC(C)C)cc1. The van der Waals surface area contributed by atoms with Crippen molar-refractivity contribution in [2.75, 3.05) is 7.05 Å². The van der Waals surface area contributed by atoms with E-state index < -0.39 is 17.4 Å². The highest BCUT2D eigenvalue weighted by Crippen LogP contribution is 2.29. The number of nitrogens with one attached hydrogen (secondary N) is 1. The molecule has 1 rings (SSSR count). The van der Waals surface area contributed by atoms with Gasteiger partial charge in [-0.25, -0.2) is 0 Å². The van der Waals surface area contributed by atoms with Crippen molar-refractivity contribution in [2.45, 2.75) is 45.3 Å². The van der Waals surface area contributed by atoms with Gasteiger partial charge in [0.25, 0.3) is 0 Å². The van der Waals surface area contributed by atoms with E-state index in [0.717, 1.165) is 11.3 Å². The molecule has 4 heteroatoms. The number of ether oxygens (including phenoxy) is 1. The molecule has 0 heterocycles. The Labute approximate surface area is 114 Å². The molecule has 0 aliphatic carbocycles. The van der Waals surface area contributed by atoms with Gasteiger partial charge >= 0.3 is 5.97 Å². The molecule has 19 heavy (non-hydrogen) atoms. The monoisotopic (exact) mass is 265 g/mol. The van der Waals surface area contributed by atoms with Crippen LogP contribution in [0.5, 0.6) is 5.75 Å².